The smallest absolute Gasteiger partial charge is 0.335 e. The normalized spacial score (nSPS) is 9.80. The Balaban J connectivity index is 2.09. The van der Waals surface area contributed by atoms with Gasteiger partial charge in [-0.15, -0.1) is 0 Å². The minimum absolute atomic E-state index is 0.307. The maximum Gasteiger partial charge on any atom is 0.335 e. The van der Waals surface area contributed by atoms with Gasteiger partial charge in [0.1, 0.15) is 0 Å². The highest BCUT2D eigenvalue weighted by Gasteiger charge is 2.06. The average molecular weight is 266 g/mol. The highest BCUT2D eigenvalue weighted by atomic mass is 16.4. The zero-order chi connectivity index (χ0) is 14.5. The van der Waals surface area contributed by atoms with E-state index >= 15 is 0 Å². The zero-order valence-corrected chi connectivity index (χ0v) is 11.1. The Hall–Kier alpha value is -2.80. The van der Waals surface area contributed by atoms with Crippen molar-refractivity contribution in [2.45, 2.75) is 13.5 Å². The molecule has 0 atom stereocenters. The van der Waals surface area contributed by atoms with Crippen LogP contribution in [0.3, 0.4) is 0 Å². The predicted octanol–water partition coefficient (Wildman–Crippen LogP) is 3.18. The third-order valence-corrected chi connectivity index (χ3v) is 3.01. The summed E-state index contributed by atoms with van der Waals surface area (Å²) in [6.45, 7) is 2.35. The van der Waals surface area contributed by atoms with Gasteiger partial charge in [-0.2, -0.15) is 5.26 Å². The van der Waals surface area contributed by atoms with E-state index in [9.17, 15) is 4.79 Å². The number of aromatic carboxylic acids is 1. The first-order valence-corrected chi connectivity index (χ1v) is 6.17. The zero-order valence-electron chi connectivity index (χ0n) is 11.1. The lowest BCUT2D eigenvalue weighted by atomic mass is 10.1. The molecule has 4 heteroatoms. The van der Waals surface area contributed by atoms with Crippen LogP contribution in [0, 0.1) is 18.3 Å². The number of hydrogen-bond donors (Lipinski definition) is 2. The highest BCUT2D eigenvalue weighted by Crippen LogP contribution is 2.16. The summed E-state index contributed by atoms with van der Waals surface area (Å²) in [5.74, 6) is -0.921. The molecule has 100 valence electrons. The van der Waals surface area contributed by atoms with Gasteiger partial charge in [-0.25, -0.2) is 4.79 Å². The second kappa shape index (κ2) is 5.89. The number of nitrogens with one attached hydrogen (secondary N) is 1. The van der Waals surface area contributed by atoms with Crippen LogP contribution in [0.25, 0.3) is 0 Å². The third kappa shape index (κ3) is 3.15. The summed E-state index contributed by atoms with van der Waals surface area (Å²) in [5, 5.41) is 21.0. The van der Waals surface area contributed by atoms with Crippen molar-refractivity contribution in [1.82, 2.24) is 0 Å². The molecule has 2 aromatic rings. The van der Waals surface area contributed by atoms with Crippen LogP contribution in [-0.4, -0.2) is 11.1 Å². The third-order valence-electron chi connectivity index (χ3n) is 3.01. The summed E-state index contributed by atoms with van der Waals surface area (Å²) in [4.78, 5) is 10.9. The number of carboxylic acid groups (broad SMARTS) is 1. The monoisotopic (exact) mass is 266 g/mol. The van der Waals surface area contributed by atoms with Gasteiger partial charge < -0.3 is 10.4 Å². The van der Waals surface area contributed by atoms with Gasteiger partial charge in [-0.3, -0.25) is 0 Å². The minimum atomic E-state index is -0.921. The number of rotatable bonds is 4. The molecule has 0 fully saturated rings. The Bertz CT molecular complexity index is 687. The van der Waals surface area contributed by atoms with Crippen molar-refractivity contribution >= 4 is 11.7 Å². The van der Waals surface area contributed by atoms with Crippen molar-refractivity contribution in [3.05, 3.63) is 64.7 Å². The van der Waals surface area contributed by atoms with Crippen LogP contribution in [0.2, 0.25) is 0 Å². The molecule has 0 bridgehead atoms. The fourth-order valence-corrected chi connectivity index (χ4v) is 1.97. The predicted molar refractivity (Wildman–Crippen MR) is 76.6 cm³/mol. The van der Waals surface area contributed by atoms with E-state index in [0.29, 0.717) is 23.2 Å². The van der Waals surface area contributed by atoms with Gasteiger partial charge in [-0.05, 0) is 48.4 Å². The van der Waals surface area contributed by atoms with E-state index in [1.165, 1.54) is 0 Å². The van der Waals surface area contributed by atoms with E-state index in [2.05, 4.69) is 11.4 Å². The highest BCUT2D eigenvalue weighted by molar-refractivity contribution is 5.89. The molecule has 2 aromatic carbocycles. The van der Waals surface area contributed by atoms with E-state index < -0.39 is 5.97 Å². The number of carbonyl (C=O) groups is 1. The summed E-state index contributed by atoms with van der Waals surface area (Å²) in [6, 6.07) is 14.6. The molecule has 0 aromatic heterocycles. The van der Waals surface area contributed by atoms with E-state index in [4.69, 9.17) is 10.4 Å². The topological polar surface area (TPSA) is 73.1 Å². The lowest BCUT2D eigenvalue weighted by molar-refractivity contribution is 0.0696. The molecular weight excluding hydrogens is 252 g/mol. The van der Waals surface area contributed by atoms with Crippen molar-refractivity contribution in [1.29, 1.82) is 5.26 Å². The second-order valence-electron chi connectivity index (χ2n) is 4.50. The van der Waals surface area contributed by atoms with Crippen molar-refractivity contribution < 1.29 is 9.90 Å². The summed E-state index contributed by atoms with van der Waals surface area (Å²) in [7, 11) is 0. The van der Waals surface area contributed by atoms with Gasteiger partial charge in [0.05, 0.1) is 17.2 Å². The van der Waals surface area contributed by atoms with E-state index in [0.717, 1.165) is 11.3 Å². The molecule has 0 radical (unpaired) electrons. The SMILES string of the molecule is Cc1cc(NCc2cccc(C#N)c2)ccc1C(=O)O. The molecule has 0 heterocycles. The molecule has 0 aliphatic heterocycles. The first kappa shape index (κ1) is 13.6. The maximum atomic E-state index is 10.9. The van der Waals surface area contributed by atoms with Crippen LogP contribution in [0.5, 0.6) is 0 Å². The molecule has 2 rings (SSSR count). The molecule has 0 spiro atoms. The molecule has 0 saturated heterocycles. The Kier molecular flexibility index (Phi) is 4.02. The number of benzene rings is 2. The van der Waals surface area contributed by atoms with Crippen LogP contribution in [0.15, 0.2) is 42.5 Å². The number of hydrogen-bond acceptors (Lipinski definition) is 3. The Labute approximate surface area is 117 Å². The van der Waals surface area contributed by atoms with Crippen LogP contribution in [0.4, 0.5) is 5.69 Å². The number of aryl methyl sites for hydroxylation is 1. The first-order chi connectivity index (χ1) is 9.60. The van der Waals surface area contributed by atoms with Crippen LogP contribution in [-0.2, 0) is 6.54 Å². The number of carboxylic acids is 1. The molecule has 0 amide bonds. The fraction of sp³-hybridized carbons (Fsp3) is 0.125. The van der Waals surface area contributed by atoms with E-state index in [1.54, 1.807) is 31.2 Å². The lowest BCUT2D eigenvalue weighted by Crippen LogP contribution is -2.03. The largest absolute Gasteiger partial charge is 0.478 e. The van der Waals surface area contributed by atoms with Crippen molar-refractivity contribution in [2.75, 3.05) is 5.32 Å². The van der Waals surface area contributed by atoms with Crippen molar-refractivity contribution in [3.8, 4) is 6.07 Å². The second-order valence-corrected chi connectivity index (χ2v) is 4.50. The van der Waals surface area contributed by atoms with E-state index in [-0.39, 0.29) is 0 Å². The molecule has 0 aliphatic carbocycles. The van der Waals surface area contributed by atoms with Crippen molar-refractivity contribution in [2.24, 2.45) is 0 Å². The minimum Gasteiger partial charge on any atom is -0.478 e. The van der Waals surface area contributed by atoms with Gasteiger partial charge >= 0.3 is 5.97 Å². The lowest BCUT2D eigenvalue weighted by Gasteiger charge is -2.09. The van der Waals surface area contributed by atoms with E-state index in [1.807, 2.05) is 18.2 Å². The molecule has 2 N–H and O–H groups in total. The van der Waals surface area contributed by atoms with Gasteiger partial charge in [0, 0.05) is 12.2 Å². The number of nitrogens with zero attached hydrogens (tertiary/aromatic N) is 1. The fourth-order valence-electron chi connectivity index (χ4n) is 1.97. The number of nitriles is 1. The van der Waals surface area contributed by atoms with Gasteiger partial charge in [-0.1, -0.05) is 12.1 Å². The average Bonchev–Trinajstić information content (AvgIpc) is 2.45. The standard InChI is InChI=1S/C16H14N2O2/c1-11-7-14(5-6-15(11)16(19)20)18-10-13-4-2-3-12(8-13)9-17/h2-8,18H,10H2,1H3,(H,19,20). The van der Waals surface area contributed by atoms with Gasteiger partial charge in [0.15, 0.2) is 0 Å². The van der Waals surface area contributed by atoms with Crippen molar-refractivity contribution in [3.63, 3.8) is 0 Å². The molecule has 0 saturated carbocycles. The number of anilines is 1. The summed E-state index contributed by atoms with van der Waals surface area (Å²) in [5.41, 5.74) is 3.51. The first-order valence-electron chi connectivity index (χ1n) is 6.17. The quantitative estimate of drug-likeness (QED) is 0.891. The Morgan fingerprint density at radius 3 is 2.75 bits per heavy atom. The van der Waals surface area contributed by atoms with Gasteiger partial charge in [0.25, 0.3) is 0 Å². The summed E-state index contributed by atoms with van der Waals surface area (Å²) < 4.78 is 0. The Morgan fingerprint density at radius 2 is 2.10 bits per heavy atom. The molecule has 0 unspecified atom stereocenters. The maximum absolute atomic E-state index is 10.9. The van der Waals surface area contributed by atoms with Gasteiger partial charge in [0.2, 0.25) is 0 Å². The molecule has 0 aliphatic rings. The summed E-state index contributed by atoms with van der Waals surface area (Å²) >= 11 is 0. The molecule has 20 heavy (non-hydrogen) atoms. The Morgan fingerprint density at radius 1 is 1.30 bits per heavy atom. The van der Waals surface area contributed by atoms with Crippen LogP contribution >= 0.6 is 0 Å². The van der Waals surface area contributed by atoms with Crippen LogP contribution < -0.4 is 5.32 Å². The molecule has 4 nitrogen and oxygen atoms in total. The summed E-state index contributed by atoms with van der Waals surface area (Å²) in [6.07, 6.45) is 0. The van der Waals surface area contributed by atoms with Crippen LogP contribution in [0.1, 0.15) is 27.0 Å². The molecular formula is C16H14N2O2.